The Morgan fingerprint density at radius 1 is 1.21 bits per heavy atom. The second-order valence-electron chi connectivity index (χ2n) is 7.77. The molecule has 1 saturated heterocycles. The molecular formula is C21H27NO5S. The molecule has 1 aliphatic carbocycles. The Morgan fingerprint density at radius 2 is 1.96 bits per heavy atom. The van der Waals surface area contributed by atoms with Crippen LogP contribution in [0.1, 0.15) is 47.8 Å². The molecule has 0 saturated carbocycles. The Hall–Kier alpha value is -1.86. The number of fused-ring (bicyclic) bond motifs is 3. The summed E-state index contributed by atoms with van der Waals surface area (Å²) in [5.74, 6) is 0.790. The van der Waals surface area contributed by atoms with Gasteiger partial charge in [0.15, 0.2) is 0 Å². The van der Waals surface area contributed by atoms with Crippen LogP contribution < -0.4 is 0 Å². The second-order valence-corrected chi connectivity index (χ2v) is 9.87. The monoisotopic (exact) mass is 405 g/mol. The first-order valence-electron chi connectivity index (χ1n) is 10.0. The van der Waals surface area contributed by atoms with Crippen molar-refractivity contribution in [2.24, 2.45) is 11.8 Å². The van der Waals surface area contributed by atoms with Crippen LogP contribution in [0.5, 0.6) is 0 Å². The van der Waals surface area contributed by atoms with Crippen LogP contribution in [0.2, 0.25) is 0 Å². The number of nitrogens with zero attached hydrogens (tertiary/aromatic N) is 1. The van der Waals surface area contributed by atoms with E-state index in [2.05, 4.69) is 0 Å². The molecule has 0 N–H and O–H groups in total. The molecule has 0 amide bonds. The van der Waals surface area contributed by atoms with E-state index in [-0.39, 0.29) is 5.75 Å². The predicted octanol–water partition coefficient (Wildman–Crippen LogP) is 3.16. The molecule has 1 unspecified atom stereocenters. The van der Waals surface area contributed by atoms with Gasteiger partial charge in [-0.25, -0.2) is 17.2 Å². The first-order valence-corrected chi connectivity index (χ1v) is 11.6. The van der Waals surface area contributed by atoms with Gasteiger partial charge in [-0.15, -0.1) is 0 Å². The van der Waals surface area contributed by atoms with Crippen molar-refractivity contribution in [2.75, 3.05) is 26.1 Å². The zero-order chi connectivity index (χ0) is 19.9. The predicted molar refractivity (Wildman–Crippen MR) is 107 cm³/mol. The molecule has 4 rings (SSSR count). The quantitative estimate of drug-likeness (QED) is 0.731. The zero-order valence-corrected chi connectivity index (χ0v) is 17.3. The summed E-state index contributed by atoms with van der Waals surface area (Å²) in [6, 6.07) is 5.20. The van der Waals surface area contributed by atoms with E-state index in [1.165, 1.54) is 11.1 Å². The van der Waals surface area contributed by atoms with Crippen LogP contribution in [-0.4, -0.2) is 44.4 Å². The lowest BCUT2D eigenvalue weighted by Gasteiger charge is -2.33. The maximum Gasteiger partial charge on any atom is 0.337 e. The van der Waals surface area contributed by atoms with E-state index < -0.39 is 16.0 Å². The number of hydrogen-bond acceptors (Lipinski definition) is 5. The van der Waals surface area contributed by atoms with Crippen LogP contribution in [0.25, 0.3) is 10.9 Å². The zero-order valence-electron chi connectivity index (χ0n) is 16.4. The van der Waals surface area contributed by atoms with Gasteiger partial charge < -0.3 is 9.47 Å². The molecule has 1 fully saturated rings. The van der Waals surface area contributed by atoms with Crippen molar-refractivity contribution in [1.82, 2.24) is 3.97 Å². The third kappa shape index (κ3) is 3.24. The number of aromatic nitrogens is 1. The lowest BCUT2D eigenvalue weighted by molar-refractivity contribution is 0.0439. The fraction of sp³-hybridized carbons (Fsp3) is 0.571. The van der Waals surface area contributed by atoms with Gasteiger partial charge in [0.1, 0.15) is 0 Å². The number of ether oxygens (including phenoxy) is 2. The number of methoxy groups -OCH3 is 1. The fourth-order valence-electron chi connectivity index (χ4n) is 4.83. The number of carbonyl (C=O) groups is 1. The normalized spacial score (nSPS) is 20.9. The van der Waals surface area contributed by atoms with E-state index in [0.717, 1.165) is 62.0 Å². The topological polar surface area (TPSA) is 74.6 Å². The molecule has 1 atom stereocenters. The fourth-order valence-corrected chi connectivity index (χ4v) is 6.08. The molecule has 1 aliphatic heterocycles. The number of hydrogen-bond donors (Lipinski definition) is 0. The Kier molecular flexibility index (Phi) is 5.22. The molecular weight excluding hydrogens is 378 g/mol. The largest absolute Gasteiger partial charge is 0.465 e. The van der Waals surface area contributed by atoms with E-state index in [1.807, 2.05) is 0 Å². The maximum atomic E-state index is 12.9. The van der Waals surface area contributed by atoms with Gasteiger partial charge in [-0.1, -0.05) is 0 Å². The van der Waals surface area contributed by atoms with E-state index in [4.69, 9.17) is 9.47 Å². The first kappa shape index (κ1) is 19.5. The van der Waals surface area contributed by atoms with Crippen LogP contribution in [0.3, 0.4) is 0 Å². The average molecular weight is 406 g/mol. The van der Waals surface area contributed by atoms with E-state index in [1.54, 1.807) is 25.1 Å². The molecule has 152 valence electrons. The molecule has 0 radical (unpaired) electrons. The first-order chi connectivity index (χ1) is 13.5. The van der Waals surface area contributed by atoms with Gasteiger partial charge in [0.25, 0.3) is 0 Å². The van der Waals surface area contributed by atoms with Gasteiger partial charge in [0, 0.05) is 24.3 Å². The lowest BCUT2D eigenvalue weighted by Crippen LogP contribution is -2.29. The van der Waals surface area contributed by atoms with Crippen molar-refractivity contribution < 1.29 is 22.7 Å². The van der Waals surface area contributed by atoms with E-state index >= 15 is 0 Å². The molecule has 0 bridgehead atoms. The standard InChI is InChI=1S/C21H27NO5S/c1-3-28(24,25)22-19-6-4-15(14-8-10-27-11-9-14)12-17(19)18-13-16(21(23)26-2)5-7-20(18)22/h5,7,13-15H,3-4,6,8-12H2,1-2H3. The summed E-state index contributed by atoms with van der Waals surface area (Å²) < 4.78 is 37.6. The molecule has 1 aromatic heterocycles. The van der Waals surface area contributed by atoms with Crippen molar-refractivity contribution in [3.63, 3.8) is 0 Å². The van der Waals surface area contributed by atoms with Crippen LogP contribution in [-0.2, 0) is 32.3 Å². The summed E-state index contributed by atoms with van der Waals surface area (Å²) in [4.78, 5) is 12.0. The summed E-state index contributed by atoms with van der Waals surface area (Å²) in [5.41, 5.74) is 3.10. The minimum Gasteiger partial charge on any atom is -0.465 e. The average Bonchev–Trinajstić information content (AvgIpc) is 3.07. The van der Waals surface area contributed by atoms with Gasteiger partial charge in [-0.3, -0.25) is 0 Å². The summed E-state index contributed by atoms with van der Waals surface area (Å²) in [6.45, 7) is 3.29. The Balaban J connectivity index is 1.85. The molecule has 6 nitrogen and oxygen atoms in total. The maximum absolute atomic E-state index is 12.9. The van der Waals surface area contributed by atoms with Gasteiger partial charge in [0.2, 0.25) is 10.0 Å². The minimum absolute atomic E-state index is 0.0470. The Labute approximate surface area is 165 Å². The van der Waals surface area contributed by atoms with Gasteiger partial charge in [0.05, 0.1) is 23.9 Å². The number of carbonyl (C=O) groups excluding carboxylic acids is 1. The van der Waals surface area contributed by atoms with Crippen LogP contribution in [0.4, 0.5) is 0 Å². The smallest absolute Gasteiger partial charge is 0.337 e. The third-order valence-electron chi connectivity index (χ3n) is 6.35. The van der Waals surface area contributed by atoms with Crippen molar-refractivity contribution in [3.8, 4) is 0 Å². The summed E-state index contributed by atoms with van der Waals surface area (Å²) in [6.07, 6.45) is 4.74. The van der Waals surface area contributed by atoms with Gasteiger partial charge >= 0.3 is 5.97 Å². The van der Waals surface area contributed by atoms with Gasteiger partial charge in [-0.2, -0.15) is 0 Å². The van der Waals surface area contributed by atoms with Crippen molar-refractivity contribution in [3.05, 3.63) is 35.0 Å². The van der Waals surface area contributed by atoms with Crippen LogP contribution >= 0.6 is 0 Å². The molecule has 28 heavy (non-hydrogen) atoms. The van der Waals surface area contributed by atoms with Crippen LogP contribution in [0, 0.1) is 11.8 Å². The summed E-state index contributed by atoms with van der Waals surface area (Å²) >= 11 is 0. The third-order valence-corrected chi connectivity index (χ3v) is 8.05. The second kappa shape index (κ2) is 7.52. The molecule has 7 heteroatoms. The lowest BCUT2D eigenvalue weighted by atomic mass is 9.75. The van der Waals surface area contributed by atoms with E-state index in [0.29, 0.717) is 22.9 Å². The van der Waals surface area contributed by atoms with E-state index in [9.17, 15) is 13.2 Å². The summed E-state index contributed by atoms with van der Waals surface area (Å²) in [5, 5.41) is 0.867. The number of esters is 1. The molecule has 0 spiro atoms. The Morgan fingerprint density at radius 3 is 2.64 bits per heavy atom. The highest BCUT2D eigenvalue weighted by molar-refractivity contribution is 7.90. The highest BCUT2D eigenvalue weighted by atomic mass is 32.2. The van der Waals surface area contributed by atoms with Crippen molar-refractivity contribution in [2.45, 2.75) is 39.0 Å². The summed E-state index contributed by atoms with van der Waals surface area (Å²) in [7, 11) is -2.07. The van der Waals surface area contributed by atoms with Crippen molar-refractivity contribution in [1.29, 1.82) is 0 Å². The minimum atomic E-state index is -3.42. The number of rotatable bonds is 4. The SMILES string of the molecule is CCS(=O)(=O)n1c2c(c3cc(C(=O)OC)ccc31)CC(C1CCOCC1)CC2. The van der Waals surface area contributed by atoms with Crippen molar-refractivity contribution >= 4 is 26.9 Å². The molecule has 2 aromatic rings. The highest BCUT2D eigenvalue weighted by Crippen LogP contribution is 2.40. The molecule has 2 heterocycles. The van der Waals surface area contributed by atoms with Gasteiger partial charge in [-0.05, 0) is 74.6 Å². The molecule has 2 aliphatic rings. The number of benzene rings is 1. The highest BCUT2D eigenvalue weighted by Gasteiger charge is 2.33. The Bertz CT molecular complexity index is 1000. The molecule has 1 aromatic carbocycles. The van der Waals surface area contributed by atoms with Crippen LogP contribution in [0.15, 0.2) is 18.2 Å².